The van der Waals surface area contributed by atoms with Crippen LogP contribution in [0.2, 0.25) is 0 Å². The van der Waals surface area contributed by atoms with Crippen LogP contribution in [0.25, 0.3) is 10.9 Å². The Balaban J connectivity index is 2.21. The number of pyridine rings is 1. The minimum Gasteiger partial charge on any atom is -0.494 e. The number of ether oxygens (including phenoxy) is 1. The summed E-state index contributed by atoms with van der Waals surface area (Å²) in [4.78, 5) is 7.02. The van der Waals surface area contributed by atoms with Crippen molar-refractivity contribution in [1.82, 2.24) is 9.88 Å². The second-order valence-corrected chi connectivity index (χ2v) is 5.38. The van der Waals surface area contributed by atoms with Crippen LogP contribution in [-0.4, -0.2) is 42.7 Å². The van der Waals surface area contributed by atoms with Crippen LogP contribution in [0.3, 0.4) is 0 Å². The summed E-state index contributed by atoms with van der Waals surface area (Å²) in [6.45, 7) is 13.3. The van der Waals surface area contributed by atoms with Crippen LogP contribution in [0.5, 0.6) is 5.75 Å². The van der Waals surface area contributed by atoms with Gasteiger partial charge in [-0.25, -0.2) is 0 Å². The standard InChI is InChI=1S/C18H27N3O/c1-5-21(6-2)11-10-19-18-12-14(4)20-17-9-8-15(22-7-3)13-16(17)18/h8-9,12-13H,5-7,10-11H2,1-4H3,(H,19,20). The molecule has 0 aliphatic heterocycles. The molecule has 2 aromatic rings. The summed E-state index contributed by atoms with van der Waals surface area (Å²) in [5.41, 5.74) is 3.17. The lowest BCUT2D eigenvalue weighted by Gasteiger charge is -2.19. The highest BCUT2D eigenvalue weighted by molar-refractivity contribution is 5.92. The molecular formula is C18H27N3O. The van der Waals surface area contributed by atoms with E-state index >= 15 is 0 Å². The number of rotatable bonds is 8. The zero-order valence-electron chi connectivity index (χ0n) is 14.1. The molecule has 120 valence electrons. The summed E-state index contributed by atoms with van der Waals surface area (Å²) >= 11 is 0. The molecule has 0 fully saturated rings. The lowest BCUT2D eigenvalue weighted by molar-refractivity contribution is 0.316. The molecule has 0 atom stereocenters. The molecule has 1 heterocycles. The zero-order valence-corrected chi connectivity index (χ0v) is 14.1. The van der Waals surface area contributed by atoms with E-state index in [2.05, 4.69) is 41.2 Å². The largest absolute Gasteiger partial charge is 0.494 e. The second kappa shape index (κ2) is 7.99. The summed E-state index contributed by atoms with van der Waals surface area (Å²) in [5, 5.41) is 4.68. The van der Waals surface area contributed by atoms with E-state index in [-0.39, 0.29) is 0 Å². The summed E-state index contributed by atoms with van der Waals surface area (Å²) in [7, 11) is 0. The van der Waals surface area contributed by atoms with E-state index in [1.54, 1.807) is 0 Å². The topological polar surface area (TPSA) is 37.4 Å². The van der Waals surface area contributed by atoms with Gasteiger partial charge in [-0.1, -0.05) is 13.8 Å². The number of anilines is 1. The maximum atomic E-state index is 5.61. The maximum Gasteiger partial charge on any atom is 0.120 e. The normalized spacial score (nSPS) is 11.1. The van der Waals surface area contributed by atoms with Gasteiger partial charge >= 0.3 is 0 Å². The van der Waals surface area contributed by atoms with Gasteiger partial charge in [0.1, 0.15) is 5.75 Å². The van der Waals surface area contributed by atoms with Crippen LogP contribution in [0, 0.1) is 6.92 Å². The Labute approximate surface area is 133 Å². The molecule has 4 nitrogen and oxygen atoms in total. The fraction of sp³-hybridized carbons (Fsp3) is 0.500. The second-order valence-electron chi connectivity index (χ2n) is 5.38. The number of aromatic nitrogens is 1. The van der Waals surface area contributed by atoms with Gasteiger partial charge in [0.2, 0.25) is 0 Å². The number of hydrogen-bond acceptors (Lipinski definition) is 4. The summed E-state index contributed by atoms with van der Waals surface area (Å²) in [6, 6.07) is 8.20. The van der Waals surface area contributed by atoms with Crippen LogP contribution >= 0.6 is 0 Å². The molecule has 0 radical (unpaired) electrons. The van der Waals surface area contributed by atoms with Gasteiger partial charge in [-0.05, 0) is 51.2 Å². The molecule has 0 unspecified atom stereocenters. The molecule has 22 heavy (non-hydrogen) atoms. The number of nitrogens with one attached hydrogen (secondary N) is 1. The van der Waals surface area contributed by atoms with Crippen LogP contribution < -0.4 is 10.1 Å². The highest BCUT2D eigenvalue weighted by atomic mass is 16.5. The first-order valence-electron chi connectivity index (χ1n) is 8.18. The third kappa shape index (κ3) is 4.10. The monoisotopic (exact) mass is 301 g/mol. The lowest BCUT2D eigenvalue weighted by atomic mass is 10.1. The van der Waals surface area contributed by atoms with Crippen LogP contribution in [0.1, 0.15) is 26.5 Å². The fourth-order valence-corrected chi connectivity index (χ4v) is 2.63. The highest BCUT2D eigenvalue weighted by Crippen LogP contribution is 2.27. The molecule has 1 aromatic carbocycles. The highest BCUT2D eigenvalue weighted by Gasteiger charge is 2.06. The third-order valence-electron chi connectivity index (χ3n) is 3.86. The number of nitrogens with zero attached hydrogens (tertiary/aromatic N) is 2. The average molecular weight is 301 g/mol. The lowest BCUT2D eigenvalue weighted by Crippen LogP contribution is -2.28. The van der Waals surface area contributed by atoms with Crippen molar-refractivity contribution in [3.8, 4) is 5.75 Å². The molecule has 2 rings (SSSR count). The molecule has 0 amide bonds. The van der Waals surface area contributed by atoms with Crippen molar-refractivity contribution in [2.24, 2.45) is 0 Å². The van der Waals surface area contributed by atoms with Crippen LogP contribution in [0.4, 0.5) is 5.69 Å². The molecule has 4 heteroatoms. The van der Waals surface area contributed by atoms with Gasteiger partial charge in [0, 0.05) is 29.9 Å². The van der Waals surface area contributed by atoms with Gasteiger partial charge in [0.25, 0.3) is 0 Å². The minimum absolute atomic E-state index is 0.676. The predicted molar refractivity (Wildman–Crippen MR) is 93.9 cm³/mol. The summed E-state index contributed by atoms with van der Waals surface area (Å²) in [5.74, 6) is 0.896. The van der Waals surface area contributed by atoms with Gasteiger partial charge in [-0.2, -0.15) is 0 Å². The Kier molecular flexibility index (Phi) is 6.01. The van der Waals surface area contributed by atoms with Crippen molar-refractivity contribution < 1.29 is 4.74 Å². The van der Waals surface area contributed by atoms with Crippen LogP contribution in [0.15, 0.2) is 24.3 Å². The molecule has 0 aliphatic rings. The minimum atomic E-state index is 0.676. The van der Waals surface area contributed by atoms with E-state index in [4.69, 9.17) is 4.74 Å². The molecule has 0 saturated heterocycles. The Morgan fingerprint density at radius 1 is 1.14 bits per heavy atom. The van der Waals surface area contributed by atoms with Crippen molar-refractivity contribution in [2.45, 2.75) is 27.7 Å². The summed E-state index contributed by atoms with van der Waals surface area (Å²) < 4.78 is 5.61. The van der Waals surface area contributed by atoms with E-state index in [0.29, 0.717) is 6.61 Å². The van der Waals surface area contributed by atoms with Crippen molar-refractivity contribution in [2.75, 3.05) is 38.1 Å². The smallest absolute Gasteiger partial charge is 0.120 e. The van der Waals surface area contributed by atoms with E-state index in [1.165, 1.54) is 0 Å². The molecule has 0 saturated carbocycles. The van der Waals surface area contributed by atoms with Gasteiger partial charge in [-0.15, -0.1) is 0 Å². The van der Waals surface area contributed by atoms with Gasteiger partial charge in [0.05, 0.1) is 12.1 Å². The number of benzene rings is 1. The quantitative estimate of drug-likeness (QED) is 0.807. The maximum absolute atomic E-state index is 5.61. The van der Waals surface area contributed by atoms with E-state index in [1.807, 2.05) is 26.0 Å². The average Bonchev–Trinajstić information content (AvgIpc) is 2.52. The first-order chi connectivity index (χ1) is 10.7. The Bertz CT molecular complexity index is 609. The Morgan fingerprint density at radius 3 is 2.59 bits per heavy atom. The zero-order chi connectivity index (χ0) is 15.9. The van der Waals surface area contributed by atoms with Crippen molar-refractivity contribution >= 4 is 16.6 Å². The van der Waals surface area contributed by atoms with Crippen molar-refractivity contribution in [1.29, 1.82) is 0 Å². The third-order valence-corrected chi connectivity index (χ3v) is 3.86. The van der Waals surface area contributed by atoms with Gasteiger partial charge in [-0.3, -0.25) is 4.98 Å². The fourth-order valence-electron chi connectivity index (χ4n) is 2.63. The number of likely N-dealkylation sites (N-methyl/N-ethyl adjacent to an activating group) is 1. The van der Waals surface area contributed by atoms with E-state index < -0.39 is 0 Å². The molecule has 1 N–H and O–H groups in total. The molecular weight excluding hydrogens is 274 g/mol. The SMILES string of the molecule is CCOc1ccc2nc(C)cc(NCCN(CC)CC)c2c1. The number of fused-ring (bicyclic) bond motifs is 1. The first kappa shape index (κ1) is 16.6. The molecule has 0 spiro atoms. The van der Waals surface area contributed by atoms with E-state index in [0.717, 1.165) is 54.2 Å². The van der Waals surface area contributed by atoms with Gasteiger partial charge in [0.15, 0.2) is 0 Å². The predicted octanol–water partition coefficient (Wildman–Crippen LogP) is 3.70. The Hall–Kier alpha value is -1.81. The molecule has 0 aliphatic carbocycles. The Morgan fingerprint density at radius 2 is 1.91 bits per heavy atom. The van der Waals surface area contributed by atoms with Crippen molar-refractivity contribution in [3.05, 3.63) is 30.0 Å². The summed E-state index contributed by atoms with van der Waals surface area (Å²) in [6.07, 6.45) is 0. The number of aryl methyl sites for hydroxylation is 1. The van der Waals surface area contributed by atoms with Crippen LogP contribution in [-0.2, 0) is 0 Å². The molecule has 0 bridgehead atoms. The molecule has 1 aromatic heterocycles. The first-order valence-corrected chi connectivity index (χ1v) is 8.18. The van der Waals surface area contributed by atoms with Gasteiger partial charge < -0.3 is 15.0 Å². The van der Waals surface area contributed by atoms with Crippen molar-refractivity contribution in [3.63, 3.8) is 0 Å². The number of hydrogen-bond donors (Lipinski definition) is 1. The van der Waals surface area contributed by atoms with E-state index in [9.17, 15) is 0 Å².